The molecule has 0 aliphatic heterocycles. The molecule has 1 aliphatic carbocycles. The van der Waals surface area contributed by atoms with Gasteiger partial charge in [0, 0.05) is 5.41 Å². The van der Waals surface area contributed by atoms with Gasteiger partial charge in [0.25, 0.3) is 0 Å². The van der Waals surface area contributed by atoms with Crippen LogP contribution in [-0.4, -0.2) is 5.78 Å². The Morgan fingerprint density at radius 1 is 1.64 bits per heavy atom. The lowest BCUT2D eigenvalue weighted by Crippen LogP contribution is -2.07. The first kappa shape index (κ1) is 8.85. The molecule has 1 aliphatic rings. The Morgan fingerprint density at radius 2 is 2.18 bits per heavy atom. The molecule has 0 spiro atoms. The summed E-state index contributed by atoms with van der Waals surface area (Å²) in [4.78, 5) is 12.3. The molecule has 1 fully saturated rings. The highest BCUT2D eigenvalue weighted by Crippen LogP contribution is 2.46. The predicted molar refractivity (Wildman–Crippen MR) is 49.7 cm³/mol. The van der Waals surface area contributed by atoms with E-state index in [2.05, 4.69) is 12.6 Å². The van der Waals surface area contributed by atoms with E-state index >= 15 is 0 Å². The van der Waals surface area contributed by atoms with Crippen LogP contribution in [0.15, 0.2) is 11.0 Å². The van der Waals surface area contributed by atoms with Crippen LogP contribution in [0.2, 0.25) is 0 Å². The Hall–Kier alpha value is -0.240. The summed E-state index contributed by atoms with van der Waals surface area (Å²) < 4.78 is 0. The fourth-order valence-electron chi connectivity index (χ4n) is 0.862. The van der Waals surface area contributed by atoms with Crippen LogP contribution >= 0.6 is 12.6 Å². The third-order valence-corrected chi connectivity index (χ3v) is 2.70. The number of carbonyl (C=O) groups is 1. The van der Waals surface area contributed by atoms with Crippen LogP contribution in [0.25, 0.3) is 0 Å². The molecule has 0 unspecified atom stereocenters. The zero-order valence-electron chi connectivity index (χ0n) is 7.05. The lowest BCUT2D eigenvalue weighted by Gasteiger charge is -2.01. The third kappa shape index (κ3) is 2.09. The van der Waals surface area contributed by atoms with Crippen LogP contribution in [0, 0.1) is 5.41 Å². The summed E-state index contributed by atoms with van der Waals surface area (Å²) in [5.41, 5.74) is -0.0247. The second-order valence-corrected chi connectivity index (χ2v) is 3.99. The van der Waals surface area contributed by atoms with E-state index in [0.29, 0.717) is 0 Å². The van der Waals surface area contributed by atoms with Gasteiger partial charge in [0.2, 0.25) is 0 Å². The maximum atomic E-state index is 11.4. The SMILES string of the molecule is CC/C(S)=C/C(=O)C1(C)CC1. The van der Waals surface area contributed by atoms with E-state index in [1.807, 2.05) is 13.8 Å². The van der Waals surface area contributed by atoms with Gasteiger partial charge in [0.1, 0.15) is 0 Å². The molecule has 0 N–H and O–H groups in total. The molecule has 0 heterocycles. The second kappa shape index (κ2) is 3.02. The van der Waals surface area contributed by atoms with Crippen LogP contribution in [0.5, 0.6) is 0 Å². The van der Waals surface area contributed by atoms with Gasteiger partial charge < -0.3 is 0 Å². The number of ketones is 1. The quantitative estimate of drug-likeness (QED) is 0.509. The van der Waals surface area contributed by atoms with Crippen LogP contribution in [-0.2, 0) is 4.79 Å². The Labute approximate surface area is 73.3 Å². The summed E-state index contributed by atoms with van der Waals surface area (Å²) in [6, 6.07) is 0. The van der Waals surface area contributed by atoms with Crippen molar-refractivity contribution in [2.24, 2.45) is 5.41 Å². The summed E-state index contributed by atoms with van der Waals surface area (Å²) in [5.74, 6) is 0.254. The van der Waals surface area contributed by atoms with Gasteiger partial charge in [0.05, 0.1) is 0 Å². The number of thiol groups is 1. The van der Waals surface area contributed by atoms with Crippen molar-refractivity contribution < 1.29 is 4.79 Å². The summed E-state index contributed by atoms with van der Waals surface area (Å²) in [6.07, 6.45) is 4.63. The van der Waals surface area contributed by atoms with Crippen molar-refractivity contribution in [3.05, 3.63) is 11.0 Å². The van der Waals surface area contributed by atoms with Crippen LogP contribution in [0.4, 0.5) is 0 Å². The van der Waals surface area contributed by atoms with E-state index in [1.165, 1.54) is 0 Å². The summed E-state index contributed by atoms with van der Waals surface area (Å²) in [6.45, 7) is 4.02. The average molecular weight is 170 g/mol. The Kier molecular flexibility index (Phi) is 2.43. The smallest absolute Gasteiger partial charge is 0.162 e. The highest BCUT2D eigenvalue weighted by atomic mass is 32.1. The van der Waals surface area contributed by atoms with Crippen molar-refractivity contribution in [1.29, 1.82) is 0 Å². The maximum Gasteiger partial charge on any atom is 0.162 e. The minimum atomic E-state index is -0.0247. The first-order valence-electron chi connectivity index (χ1n) is 4.02. The molecule has 1 nitrogen and oxygen atoms in total. The Bertz CT molecular complexity index is 202. The number of hydrogen-bond acceptors (Lipinski definition) is 2. The molecule has 0 atom stereocenters. The molecule has 2 heteroatoms. The van der Waals surface area contributed by atoms with Crippen LogP contribution in [0.3, 0.4) is 0 Å². The maximum absolute atomic E-state index is 11.4. The Morgan fingerprint density at radius 3 is 2.55 bits per heavy atom. The molecular weight excluding hydrogens is 156 g/mol. The van der Waals surface area contributed by atoms with Gasteiger partial charge in [-0.15, -0.1) is 12.6 Å². The minimum absolute atomic E-state index is 0.0247. The van der Waals surface area contributed by atoms with Crippen molar-refractivity contribution in [1.82, 2.24) is 0 Å². The molecule has 0 radical (unpaired) electrons. The van der Waals surface area contributed by atoms with Crippen molar-refractivity contribution in [2.45, 2.75) is 33.1 Å². The number of rotatable bonds is 3. The largest absolute Gasteiger partial charge is 0.294 e. The first-order chi connectivity index (χ1) is 5.08. The molecule has 0 aromatic carbocycles. The fourth-order valence-corrected chi connectivity index (χ4v) is 0.979. The summed E-state index contributed by atoms with van der Waals surface area (Å²) >= 11 is 4.17. The summed E-state index contributed by atoms with van der Waals surface area (Å²) in [5, 5.41) is 0. The van der Waals surface area contributed by atoms with Gasteiger partial charge in [-0.2, -0.15) is 0 Å². The third-order valence-electron chi connectivity index (χ3n) is 2.25. The molecule has 1 saturated carbocycles. The van der Waals surface area contributed by atoms with E-state index in [0.717, 1.165) is 24.2 Å². The molecule has 0 bridgehead atoms. The lowest BCUT2D eigenvalue weighted by atomic mass is 10.0. The second-order valence-electron chi connectivity index (χ2n) is 3.41. The van der Waals surface area contributed by atoms with E-state index in [1.54, 1.807) is 6.08 Å². The minimum Gasteiger partial charge on any atom is -0.294 e. The molecule has 0 amide bonds. The highest BCUT2D eigenvalue weighted by Gasteiger charge is 2.43. The van der Waals surface area contributed by atoms with Crippen molar-refractivity contribution in [3.63, 3.8) is 0 Å². The molecular formula is C9H14OS. The average Bonchev–Trinajstić information content (AvgIpc) is 2.69. The van der Waals surface area contributed by atoms with Crippen LogP contribution in [0.1, 0.15) is 33.1 Å². The molecule has 1 rings (SSSR count). The number of allylic oxidation sites excluding steroid dienone is 2. The molecule has 0 aromatic heterocycles. The van der Waals surface area contributed by atoms with Gasteiger partial charge in [-0.25, -0.2) is 0 Å². The number of carbonyl (C=O) groups excluding carboxylic acids is 1. The van der Waals surface area contributed by atoms with Gasteiger partial charge in [-0.05, 0) is 30.2 Å². The molecule has 0 aromatic rings. The predicted octanol–water partition coefficient (Wildman–Crippen LogP) is 2.58. The van der Waals surface area contributed by atoms with Gasteiger partial charge in [0.15, 0.2) is 5.78 Å². The standard InChI is InChI=1S/C9H14OS/c1-3-7(11)6-8(10)9(2)4-5-9/h6,11H,3-5H2,1-2H3/b7-6-. The number of hydrogen-bond donors (Lipinski definition) is 1. The van der Waals surface area contributed by atoms with Gasteiger partial charge in [-0.1, -0.05) is 13.8 Å². The van der Waals surface area contributed by atoms with Crippen LogP contribution < -0.4 is 0 Å². The van der Waals surface area contributed by atoms with E-state index in [4.69, 9.17) is 0 Å². The van der Waals surface area contributed by atoms with Crippen molar-refractivity contribution in [3.8, 4) is 0 Å². The molecule has 11 heavy (non-hydrogen) atoms. The molecule has 0 saturated heterocycles. The van der Waals surface area contributed by atoms with Crippen molar-refractivity contribution >= 4 is 18.4 Å². The summed E-state index contributed by atoms with van der Waals surface area (Å²) in [7, 11) is 0. The zero-order chi connectivity index (χ0) is 8.48. The highest BCUT2D eigenvalue weighted by molar-refractivity contribution is 7.84. The zero-order valence-corrected chi connectivity index (χ0v) is 7.95. The monoisotopic (exact) mass is 170 g/mol. The van der Waals surface area contributed by atoms with Gasteiger partial charge in [-0.3, -0.25) is 4.79 Å². The van der Waals surface area contributed by atoms with Gasteiger partial charge >= 0.3 is 0 Å². The van der Waals surface area contributed by atoms with E-state index in [9.17, 15) is 4.79 Å². The Balaban J connectivity index is 2.56. The topological polar surface area (TPSA) is 17.1 Å². The van der Waals surface area contributed by atoms with Crippen molar-refractivity contribution in [2.75, 3.05) is 0 Å². The van der Waals surface area contributed by atoms with E-state index < -0.39 is 0 Å². The molecule has 62 valence electrons. The fraction of sp³-hybridized carbons (Fsp3) is 0.667. The van der Waals surface area contributed by atoms with E-state index in [-0.39, 0.29) is 11.2 Å². The lowest BCUT2D eigenvalue weighted by molar-refractivity contribution is -0.118. The first-order valence-corrected chi connectivity index (χ1v) is 4.47. The normalized spacial score (nSPS) is 21.5.